The molecule has 2 aliphatic heterocycles. The Bertz CT molecular complexity index is 2380. The number of thiazole rings is 1. The van der Waals surface area contributed by atoms with Crippen molar-refractivity contribution in [3.8, 4) is 22.2 Å². The summed E-state index contributed by atoms with van der Waals surface area (Å²) in [5, 5.41) is 9.46. The van der Waals surface area contributed by atoms with Crippen LogP contribution in [0.5, 0.6) is 11.6 Å². The number of hydrogen-bond acceptors (Lipinski definition) is 12. The zero-order chi connectivity index (χ0) is 45.6. The molecule has 0 bridgehead atoms. The van der Waals surface area contributed by atoms with Gasteiger partial charge in [-0.1, -0.05) is 53.2 Å². The fourth-order valence-electron chi connectivity index (χ4n) is 8.64. The molecule has 4 heterocycles. The Morgan fingerprint density at radius 2 is 1.81 bits per heavy atom. The molecule has 15 nitrogen and oxygen atoms in total. The van der Waals surface area contributed by atoms with Gasteiger partial charge in [0.1, 0.15) is 40.1 Å². The standard InChI is InChI=1S/C46H62N6O9S2/c1-10-27-19-26(2)13-11-12-14-28-22-46(28,42(55)51-63(57,58)31-16-17-31)50-38(53)35-21-30(24-52(35)41(54)37(27)49-43(56)61-45(6,7)8)60-39-32-18-15-29(59-9)20-33(32)34(23-47-39)40-48-36(25-62-40)44(3,4)5/h12,14-15,18,20,23,25-28,30-31,35,37H,10-11,13,16-17,19,21-22,24H2,1-9H3,(H,49,56)(H,50,53)(H,51,55)/b14-12-/t26-,27-,28-,30-,35+,37+,46-/m1/s1. The minimum atomic E-state index is -3.93. The number of nitrogens with zero attached hydrogens (tertiary/aromatic N) is 3. The highest BCUT2D eigenvalue weighted by Gasteiger charge is 2.62. The van der Waals surface area contributed by atoms with Gasteiger partial charge in [0, 0.05) is 45.7 Å². The van der Waals surface area contributed by atoms with Gasteiger partial charge in [-0.05, 0) is 89.3 Å². The van der Waals surface area contributed by atoms with Crippen LogP contribution in [0.25, 0.3) is 21.3 Å². The minimum absolute atomic E-state index is 0.0189. The van der Waals surface area contributed by atoms with E-state index in [1.54, 1.807) is 34.1 Å². The number of carbonyl (C=O) groups is 4. The summed E-state index contributed by atoms with van der Waals surface area (Å²) < 4.78 is 46.2. The summed E-state index contributed by atoms with van der Waals surface area (Å²) >= 11 is 1.52. The third-order valence-electron chi connectivity index (χ3n) is 12.5. The minimum Gasteiger partial charge on any atom is -0.497 e. The fraction of sp³-hybridized carbons (Fsp3) is 0.609. The number of methoxy groups -OCH3 is 1. The van der Waals surface area contributed by atoms with Gasteiger partial charge in [0.25, 0.3) is 5.91 Å². The summed E-state index contributed by atoms with van der Waals surface area (Å²) in [6.45, 7) is 15.6. The SMILES string of the molecule is CC[C@@H]1C[C@H](C)CC/C=C\[C@@H]2C[C@@]2(C(=O)NS(=O)(=O)C2CC2)NC(=O)[C@@H]2C[C@@H](Oc3ncc(-c4nc(C(C)(C)C)cs4)c4cc(OC)ccc34)CN2C(=O)[C@H]1NC(=O)OC(C)(C)C. The summed E-state index contributed by atoms with van der Waals surface area (Å²) in [6, 6.07) is 3.36. The van der Waals surface area contributed by atoms with E-state index in [2.05, 4.69) is 43.1 Å². The number of benzene rings is 1. The predicted octanol–water partition coefficient (Wildman–Crippen LogP) is 6.79. The molecule has 1 saturated heterocycles. The highest BCUT2D eigenvalue weighted by Crippen LogP contribution is 2.46. The van der Waals surface area contributed by atoms with Crippen molar-refractivity contribution in [1.82, 2.24) is 30.2 Å². The Morgan fingerprint density at radius 1 is 1.06 bits per heavy atom. The molecule has 2 aliphatic carbocycles. The molecule has 4 aliphatic rings. The maximum Gasteiger partial charge on any atom is 0.408 e. The third-order valence-corrected chi connectivity index (χ3v) is 15.2. The Morgan fingerprint density at radius 3 is 2.46 bits per heavy atom. The van der Waals surface area contributed by atoms with Crippen LogP contribution in [0, 0.1) is 17.8 Å². The molecular formula is C46H62N6O9S2. The molecule has 0 radical (unpaired) electrons. The number of allylic oxidation sites excluding steroid dienone is 1. The first kappa shape index (κ1) is 46.2. The van der Waals surface area contributed by atoms with E-state index >= 15 is 4.79 Å². The molecule has 63 heavy (non-hydrogen) atoms. The molecule has 2 saturated carbocycles. The molecule has 7 atom stereocenters. The lowest BCUT2D eigenvalue weighted by Crippen LogP contribution is -2.59. The second kappa shape index (κ2) is 17.7. The molecule has 4 amide bonds. The van der Waals surface area contributed by atoms with E-state index in [-0.39, 0.29) is 42.5 Å². The monoisotopic (exact) mass is 906 g/mol. The first-order valence-electron chi connectivity index (χ1n) is 22.1. The molecule has 3 fully saturated rings. The summed E-state index contributed by atoms with van der Waals surface area (Å²) in [7, 11) is -2.33. The van der Waals surface area contributed by atoms with E-state index in [0.717, 1.165) is 28.1 Å². The zero-order valence-electron chi connectivity index (χ0n) is 37.8. The topological polar surface area (TPSA) is 195 Å². The molecule has 0 spiro atoms. The van der Waals surface area contributed by atoms with Crippen LogP contribution in [-0.2, 0) is 34.6 Å². The molecule has 2 aromatic heterocycles. The Balaban J connectivity index is 1.26. The number of hydrogen-bond donors (Lipinski definition) is 3. The lowest BCUT2D eigenvalue weighted by molar-refractivity contribution is -0.142. The average molecular weight is 907 g/mol. The number of rotatable bonds is 9. The first-order chi connectivity index (χ1) is 29.6. The number of sulfonamides is 1. The van der Waals surface area contributed by atoms with E-state index in [9.17, 15) is 22.8 Å². The Labute approximate surface area is 374 Å². The second-order valence-electron chi connectivity index (χ2n) is 19.7. The summed E-state index contributed by atoms with van der Waals surface area (Å²) in [5.41, 5.74) is -0.788. The molecular weight excluding hydrogens is 845 g/mol. The van der Waals surface area contributed by atoms with Gasteiger partial charge in [-0.15, -0.1) is 11.3 Å². The average Bonchev–Trinajstić information content (AvgIpc) is 4.08. The Kier molecular flexibility index (Phi) is 13.0. The van der Waals surface area contributed by atoms with Crippen LogP contribution >= 0.6 is 11.3 Å². The smallest absolute Gasteiger partial charge is 0.408 e. The normalized spacial score (nSPS) is 27.5. The molecule has 1 aromatic carbocycles. The number of amides is 4. The van der Waals surface area contributed by atoms with E-state index in [1.807, 2.05) is 42.7 Å². The highest BCUT2D eigenvalue weighted by atomic mass is 32.2. The maximum absolute atomic E-state index is 15.1. The quantitative estimate of drug-likeness (QED) is 0.191. The number of pyridine rings is 1. The van der Waals surface area contributed by atoms with Crippen LogP contribution in [-0.4, -0.2) is 95.3 Å². The van der Waals surface area contributed by atoms with Crippen LogP contribution in [0.2, 0.25) is 0 Å². The number of ether oxygens (including phenoxy) is 3. The molecule has 342 valence electrons. The van der Waals surface area contributed by atoms with Gasteiger partial charge < -0.3 is 29.7 Å². The summed E-state index contributed by atoms with van der Waals surface area (Å²) in [5.74, 6) is -1.63. The van der Waals surface area contributed by atoms with Crippen LogP contribution in [0.15, 0.2) is 41.9 Å². The number of alkyl carbamates (subject to hydrolysis) is 1. The van der Waals surface area contributed by atoms with E-state index in [1.165, 1.54) is 16.2 Å². The van der Waals surface area contributed by atoms with Crippen LogP contribution in [0.3, 0.4) is 0 Å². The summed E-state index contributed by atoms with van der Waals surface area (Å²) in [6.07, 6.45) is 7.80. The van der Waals surface area contributed by atoms with Gasteiger partial charge in [0.05, 0.1) is 24.6 Å². The van der Waals surface area contributed by atoms with E-state index < -0.39 is 74.3 Å². The fourth-order valence-corrected chi connectivity index (χ4v) is 11.1. The molecule has 3 N–H and O–H groups in total. The number of carbonyl (C=O) groups excluding carboxylic acids is 4. The van der Waals surface area contributed by atoms with Crippen molar-refractivity contribution in [2.45, 2.75) is 147 Å². The van der Waals surface area contributed by atoms with E-state index in [0.29, 0.717) is 43.2 Å². The highest BCUT2D eigenvalue weighted by molar-refractivity contribution is 7.91. The van der Waals surface area contributed by atoms with Crippen LogP contribution in [0.1, 0.15) is 112 Å². The van der Waals surface area contributed by atoms with E-state index in [4.69, 9.17) is 24.2 Å². The van der Waals surface area contributed by atoms with Crippen LogP contribution in [0.4, 0.5) is 4.79 Å². The van der Waals surface area contributed by atoms with Crippen molar-refractivity contribution in [1.29, 1.82) is 0 Å². The predicted molar refractivity (Wildman–Crippen MR) is 241 cm³/mol. The number of fused-ring (bicyclic) bond motifs is 3. The van der Waals surface area contributed by atoms with Gasteiger partial charge in [0.15, 0.2) is 0 Å². The second-order valence-corrected chi connectivity index (χ2v) is 22.6. The van der Waals surface area contributed by atoms with Crippen molar-refractivity contribution in [2.24, 2.45) is 17.8 Å². The molecule has 3 aromatic rings. The lowest BCUT2D eigenvalue weighted by Gasteiger charge is -2.34. The molecule has 0 unspecified atom stereocenters. The van der Waals surface area contributed by atoms with Gasteiger partial charge in [0.2, 0.25) is 27.7 Å². The number of aromatic nitrogens is 2. The summed E-state index contributed by atoms with van der Waals surface area (Å²) in [4.78, 5) is 68.5. The largest absolute Gasteiger partial charge is 0.497 e. The van der Waals surface area contributed by atoms with Crippen molar-refractivity contribution >= 4 is 55.9 Å². The van der Waals surface area contributed by atoms with Crippen molar-refractivity contribution in [3.63, 3.8) is 0 Å². The zero-order valence-corrected chi connectivity index (χ0v) is 39.4. The number of nitrogens with one attached hydrogen (secondary N) is 3. The van der Waals surface area contributed by atoms with Crippen molar-refractivity contribution in [2.75, 3.05) is 13.7 Å². The van der Waals surface area contributed by atoms with Gasteiger partial charge >= 0.3 is 6.09 Å². The van der Waals surface area contributed by atoms with Crippen molar-refractivity contribution in [3.05, 3.63) is 47.6 Å². The lowest BCUT2D eigenvalue weighted by atomic mass is 9.85. The van der Waals surface area contributed by atoms with Gasteiger partial charge in [-0.2, -0.15) is 0 Å². The first-order valence-corrected chi connectivity index (χ1v) is 24.5. The van der Waals surface area contributed by atoms with Gasteiger partial charge in [-0.3, -0.25) is 19.1 Å². The van der Waals surface area contributed by atoms with Crippen LogP contribution < -0.4 is 24.8 Å². The van der Waals surface area contributed by atoms with Crippen molar-refractivity contribution < 1.29 is 41.8 Å². The maximum atomic E-state index is 15.1. The third kappa shape index (κ3) is 10.3. The molecule has 17 heteroatoms. The Hall–Kier alpha value is -4.77. The van der Waals surface area contributed by atoms with Gasteiger partial charge in [-0.25, -0.2) is 23.2 Å². The molecule has 7 rings (SSSR count).